The van der Waals surface area contributed by atoms with Crippen LogP contribution in [0.3, 0.4) is 0 Å². The summed E-state index contributed by atoms with van der Waals surface area (Å²) in [5.41, 5.74) is -0.232. The van der Waals surface area contributed by atoms with E-state index in [-0.39, 0.29) is 17.1 Å². The molecular weight excluding hydrogens is 216 g/mol. The van der Waals surface area contributed by atoms with Gasteiger partial charge in [-0.25, -0.2) is 0 Å². The van der Waals surface area contributed by atoms with Crippen LogP contribution >= 0.6 is 0 Å². The van der Waals surface area contributed by atoms with Crippen molar-refractivity contribution in [1.82, 2.24) is 0 Å². The van der Waals surface area contributed by atoms with Crippen LogP contribution in [-0.4, -0.2) is 24.8 Å². The molecule has 17 heavy (non-hydrogen) atoms. The Morgan fingerprint density at radius 3 is 2.94 bits per heavy atom. The zero-order chi connectivity index (χ0) is 11.5. The molecule has 3 nitrogen and oxygen atoms in total. The summed E-state index contributed by atoms with van der Waals surface area (Å²) in [7, 11) is 0. The Kier molecular flexibility index (Phi) is 1.82. The maximum absolute atomic E-state index is 12.1. The molecule has 5 aliphatic rings. The van der Waals surface area contributed by atoms with Crippen molar-refractivity contribution >= 4 is 5.78 Å². The molecule has 0 aromatic rings. The second-order valence-corrected chi connectivity index (χ2v) is 5.61. The lowest BCUT2D eigenvalue weighted by molar-refractivity contribution is -0.265. The van der Waals surface area contributed by atoms with Gasteiger partial charge in [0.05, 0.1) is 18.6 Å². The molecule has 1 saturated heterocycles. The molecule has 0 aromatic carbocycles. The van der Waals surface area contributed by atoms with Gasteiger partial charge in [0.1, 0.15) is 0 Å². The minimum Gasteiger partial charge on any atom is -0.347 e. The van der Waals surface area contributed by atoms with Crippen molar-refractivity contribution < 1.29 is 14.3 Å². The van der Waals surface area contributed by atoms with Crippen molar-refractivity contribution in [2.75, 3.05) is 13.2 Å². The summed E-state index contributed by atoms with van der Waals surface area (Å²) in [5, 5.41) is 0. The summed E-state index contributed by atoms with van der Waals surface area (Å²) in [4.78, 5) is 12.1. The Morgan fingerprint density at radius 1 is 1.29 bits per heavy atom. The normalized spacial score (nSPS) is 45.5. The molecule has 2 fully saturated rings. The van der Waals surface area contributed by atoms with Gasteiger partial charge in [-0.05, 0) is 24.8 Å². The topological polar surface area (TPSA) is 35.5 Å². The summed E-state index contributed by atoms with van der Waals surface area (Å²) in [6.45, 7) is 1.32. The molecule has 3 atom stereocenters. The van der Waals surface area contributed by atoms with Crippen molar-refractivity contribution in [3.8, 4) is 0 Å². The molecule has 0 unspecified atom stereocenters. The van der Waals surface area contributed by atoms with Gasteiger partial charge in [0.25, 0.3) is 0 Å². The molecule has 2 spiro atoms. The number of carbonyl (C=O) groups is 1. The first-order valence-electron chi connectivity index (χ1n) is 6.43. The summed E-state index contributed by atoms with van der Waals surface area (Å²) < 4.78 is 11.9. The van der Waals surface area contributed by atoms with Crippen LogP contribution in [0.4, 0.5) is 0 Å². The van der Waals surface area contributed by atoms with Crippen molar-refractivity contribution in [2.24, 2.45) is 17.3 Å². The maximum Gasteiger partial charge on any atom is 0.179 e. The fourth-order valence-electron chi connectivity index (χ4n) is 4.16. The zero-order valence-electron chi connectivity index (χ0n) is 9.72. The lowest BCUT2D eigenvalue weighted by Gasteiger charge is -2.57. The van der Waals surface area contributed by atoms with E-state index in [1.165, 1.54) is 0 Å². The van der Waals surface area contributed by atoms with E-state index in [1.807, 2.05) is 6.08 Å². The molecule has 0 N–H and O–H groups in total. The van der Waals surface area contributed by atoms with Crippen molar-refractivity contribution in [3.63, 3.8) is 0 Å². The molecule has 1 saturated carbocycles. The maximum atomic E-state index is 12.1. The van der Waals surface area contributed by atoms with Gasteiger partial charge in [0.2, 0.25) is 0 Å². The van der Waals surface area contributed by atoms with E-state index < -0.39 is 5.79 Å². The van der Waals surface area contributed by atoms with E-state index in [2.05, 4.69) is 12.2 Å². The van der Waals surface area contributed by atoms with Crippen LogP contribution in [0.1, 0.15) is 19.3 Å². The molecule has 0 aromatic heterocycles. The minimum absolute atomic E-state index is 0.0642. The average molecular weight is 232 g/mol. The van der Waals surface area contributed by atoms with Gasteiger partial charge in [-0.15, -0.1) is 0 Å². The number of carbonyl (C=O) groups excluding carboxylic acids is 1. The number of hydrogen-bond donors (Lipinski definition) is 0. The smallest absolute Gasteiger partial charge is 0.179 e. The van der Waals surface area contributed by atoms with E-state index in [9.17, 15) is 4.79 Å². The summed E-state index contributed by atoms with van der Waals surface area (Å²) in [6.07, 6.45) is 11.0. The molecule has 3 heteroatoms. The fraction of sp³-hybridized carbons (Fsp3) is 0.643. The minimum atomic E-state index is -0.518. The van der Waals surface area contributed by atoms with Gasteiger partial charge in [-0.2, -0.15) is 0 Å². The van der Waals surface area contributed by atoms with Crippen LogP contribution in [0, 0.1) is 17.3 Å². The molecule has 4 aliphatic carbocycles. The summed E-state index contributed by atoms with van der Waals surface area (Å²) in [5.74, 6) is 0.240. The van der Waals surface area contributed by atoms with E-state index in [1.54, 1.807) is 6.08 Å². The third kappa shape index (κ3) is 1.07. The molecule has 90 valence electrons. The highest BCUT2D eigenvalue weighted by Gasteiger charge is 2.65. The number of ether oxygens (including phenoxy) is 2. The lowest BCUT2D eigenvalue weighted by Crippen LogP contribution is -2.61. The van der Waals surface area contributed by atoms with Crippen LogP contribution in [0.25, 0.3) is 0 Å². The van der Waals surface area contributed by atoms with Gasteiger partial charge in [-0.1, -0.05) is 18.2 Å². The number of allylic oxidation sites excluding steroid dienone is 3. The summed E-state index contributed by atoms with van der Waals surface area (Å²) in [6, 6.07) is 0. The highest BCUT2D eigenvalue weighted by atomic mass is 16.7. The Bertz CT molecular complexity index is 431. The SMILES string of the molecule is O=C1C=CC[C@]23C=C[C@H](C[C@H]12)CC31OCCO1. The van der Waals surface area contributed by atoms with Gasteiger partial charge < -0.3 is 9.47 Å². The van der Waals surface area contributed by atoms with E-state index in [4.69, 9.17) is 9.47 Å². The van der Waals surface area contributed by atoms with Gasteiger partial charge >= 0.3 is 0 Å². The van der Waals surface area contributed by atoms with Crippen LogP contribution < -0.4 is 0 Å². The van der Waals surface area contributed by atoms with E-state index >= 15 is 0 Å². The van der Waals surface area contributed by atoms with E-state index in [0.29, 0.717) is 19.1 Å². The molecular formula is C14H16O3. The third-order valence-corrected chi connectivity index (χ3v) is 4.90. The Morgan fingerprint density at radius 2 is 2.12 bits per heavy atom. The number of ketones is 1. The van der Waals surface area contributed by atoms with Crippen LogP contribution in [0.2, 0.25) is 0 Å². The zero-order valence-corrected chi connectivity index (χ0v) is 9.72. The van der Waals surface area contributed by atoms with E-state index in [0.717, 1.165) is 19.3 Å². The standard InChI is InChI=1S/C14H16O3/c15-12-2-1-4-13-5-3-10(8-11(12)13)9-14(13)16-6-7-17-14/h1-3,5,10-11H,4,6-9H2/t10-,11-,13+/m1/s1. The largest absolute Gasteiger partial charge is 0.347 e. The number of hydrogen-bond acceptors (Lipinski definition) is 3. The Hall–Kier alpha value is -0.930. The molecule has 0 amide bonds. The fourth-order valence-corrected chi connectivity index (χ4v) is 4.16. The molecule has 2 bridgehead atoms. The predicted octanol–water partition coefficient (Wildman–Crippen LogP) is 1.84. The predicted molar refractivity (Wildman–Crippen MR) is 61.2 cm³/mol. The first-order chi connectivity index (χ1) is 8.26. The average Bonchev–Trinajstić information content (AvgIpc) is 2.79. The van der Waals surface area contributed by atoms with Gasteiger partial charge in [0.15, 0.2) is 11.6 Å². The monoisotopic (exact) mass is 232 g/mol. The summed E-state index contributed by atoms with van der Waals surface area (Å²) >= 11 is 0. The molecule has 1 heterocycles. The van der Waals surface area contributed by atoms with Crippen molar-refractivity contribution in [3.05, 3.63) is 24.3 Å². The quantitative estimate of drug-likeness (QED) is 0.598. The molecule has 1 aliphatic heterocycles. The third-order valence-electron chi connectivity index (χ3n) is 4.90. The first-order valence-corrected chi connectivity index (χ1v) is 6.43. The van der Waals surface area contributed by atoms with Crippen LogP contribution in [-0.2, 0) is 14.3 Å². The molecule has 5 rings (SSSR count). The van der Waals surface area contributed by atoms with Gasteiger partial charge in [-0.3, -0.25) is 4.79 Å². The highest BCUT2D eigenvalue weighted by molar-refractivity contribution is 5.94. The second kappa shape index (κ2) is 3.09. The highest BCUT2D eigenvalue weighted by Crippen LogP contribution is 2.61. The van der Waals surface area contributed by atoms with Gasteiger partial charge in [0, 0.05) is 12.3 Å². The molecule has 0 radical (unpaired) electrons. The Balaban J connectivity index is 1.89. The second-order valence-electron chi connectivity index (χ2n) is 5.61. The van der Waals surface area contributed by atoms with Crippen molar-refractivity contribution in [1.29, 1.82) is 0 Å². The number of rotatable bonds is 0. The first kappa shape index (κ1) is 10.0. The van der Waals surface area contributed by atoms with Crippen molar-refractivity contribution in [2.45, 2.75) is 25.0 Å². The lowest BCUT2D eigenvalue weighted by atomic mass is 9.51. The Labute approximate surface area is 100 Å². The van der Waals surface area contributed by atoms with Crippen LogP contribution in [0.5, 0.6) is 0 Å². The van der Waals surface area contributed by atoms with Crippen LogP contribution in [0.15, 0.2) is 24.3 Å².